The van der Waals surface area contributed by atoms with E-state index in [0.29, 0.717) is 23.6 Å². The molecule has 6 nitrogen and oxygen atoms in total. The number of nitrogens with zero attached hydrogens (tertiary/aromatic N) is 2. The van der Waals surface area contributed by atoms with Gasteiger partial charge in [0.15, 0.2) is 0 Å². The average molecular weight is 412 g/mol. The predicted molar refractivity (Wildman–Crippen MR) is 121 cm³/mol. The van der Waals surface area contributed by atoms with E-state index in [1.54, 1.807) is 32.4 Å². The van der Waals surface area contributed by atoms with Crippen LogP contribution in [0.1, 0.15) is 28.8 Å². The second-order valence-electron chi connectivity index (χ2n) is 7.70. The van der Waals surface area contributed by atoms with E-state index >= 15 is 0 Å². The van der Waals surface area contributed by atoms with Crippen LogP contribution in [-0.4, -0.2) is 64.3 Å². The Morgan fingerprint density at radius 2 is 1.80 bits per heavy atom. The van der Waals surface area contributed by atoms with Crippen molar-refractivity contribution in [3.63, 3.8) is 0 Å². The summed E-state index contributed by atoms with van der Waals surface area (Å²) in [6.07, 6.45) is 2.02. The third kappa shape index (κ3) is 5.89. The van der Waals surface area contributed by atoms with Crippen LogP contribution in [0.3, 0.4) is 0 Å². The smallest absolute Gasteiger partial charge is 0.255 e. The minimum absolute atomic E-state index is 0.127. The second kappa shape index (κ2) is 10.9. The maximum absolute atomic E-state index is 12.5. The summed E-state index contributed by atoms with van der Waals surface area (Å²) in [5.74, 6) is 1.07. The van der Waals surface area contributed by atoms with Gasteiger partial charge in [0.25, 0.3) is 5.91 Å². The molecule has 1 saturated heterocycles. The van der Waals surface area contributed by atoms with Crippen LogP contribution in [0, 0.1) is 6.92 Å². The number of amides is 1. The molecule has 1 fully saturated rings. The Balaban J connectivity index is 1.36. The van der Waals surface area contributed by atoms with E-state index < -0.39 is 0 Å². The van der Waals surface area contributed by atoms with Crippen molar-refractivity contribution in [3.8, 4) is 11.5 Å². The summed E-state index contributed by atoms with van der Waals surface area (Å²) >= 11 is 0. The molecule has 3 rings (SSSR count). The Kier molecular flexibility index (Phi) is 7.97. The third-order valence-corrected chi connectivity index (χ3v) is 5.58. The van der Waals surface area contributed by atoms with Crippen molar-refractivity contribution in [2.75, 3.05) is 58.4 Å². The highest BCUT2D eigenvalue weighted by Gasteiger charge is 2.17. The Bertz CT molecular complexity index is 832. The Morgan fingerprint density at radius 3 is 2.50 bits per heavy atom. The van der Waals surface area contributed by atoms with Crippen LogP contribution in [0.25, 0.3) is 0 Å². The monoisotopic (exact) mass is 411 g/mol. The van der Waals surface area contributed by atoms with E-state index in [1.807, 2.05) is 0 Å². The molecule has 0 spiro atoms. The molecule has 2 aromatic rings. The van der Waals surface area contributed by atoms with Crippen molar-refractivity contribution in [3.05, 3.63) is 53.6 Å². The van der Waals surface area contributed by atoms with Crippen LogP contribution < -0.4 is 19.7 Å². The van der Waals surface area contributed by atoms with Gasteiger partial charge in [-0.3, -0.25) is 9.69 Å². The summed E-state index contributed by atoms with van der Waals surface area (Å²) in [6, 6.07) is 14.0. The number of ether oxygens (including phenoxy) is 2. The molecule has 0 saturated carbocycles. The van der Waals surface area contributed by atoms with Gasteiger partial charge in [0.2, 0.25) is 0 Å². The van der Waals surface area contributed by atoms with Crippen molar-refractivity contribution in [1.82, 2.24) is 10.2 Å². The summed E-state index contributed by atoms with van der Waals surface area (Å²) in [5.41, 5.74) is 3.14. The van der Waals surface area contributed by atoms with Gasteiger partial charge in [-0.1, -0.05) is 12.1 Å². The SMILES string of the molecule is COc1ccc(OC)c(C(=O)NCCCCN2CCN(c3cccc(C)c3)CC2)c1. The largest absolute Gasteiger partial charge is 0.497 e. The van der Waals surface area contributed by atoms with Gasteiger partial charge < -0.3 is 19.7 Å². The van der Waals surface area contributed by atoms with Crippen LogP contribution in [-0.2, 0) is 0 Å². The second-order valence-corrected chi connectivity index (χ2v) is 7.70. The maximum Gasteiger partial charge on any atom is 0.255 e. The van der Waals surface area contributed by atoms with Crippen LogP contribution in [0.15, 0.2) is 42.5 Å². The van der Waals surface area contributed by atoms with Crippen molar-refractivity contribution >= 4 is 11.6 Å². The molecule has 6 heteroatoms. The molecular weight excluding hydrogens is 378 g/mol. The first-order chi connectivity index (χ1) is 14.6. The number of nitrogens with one attached hydrogen (secondary N) is 1. The first-order valence-corrected chi connectivity index (χ1v) is 10.6. The van der Waals surface area contributed by atoms with Crippen LogP contribution in [0.2, 0.25) is 0 Å². The van der Waals surface area contributed by atoms with Crippen LogP contribution in [0.5, 0.6) is 11.5 Å². The molecule has 0 radical (unpaired) electrons. The fourth-order valence-corrected chi connectivity index (χ4v) is 3.80. The number of carbonyl (C=O) groups is 1. The number of carbonyl (C=O) groups excluding carboxylic acids is 1. The normalized spacial score (nSPS) is 14.4. The highest BCUT2D eigenvalue weighted by molar-refractivity contribution is 5.97. The molecule has 1 heterocycles. The van der Waals surface area contributed by atoms with Gasteiger partial charge in [0.05, 0.1) is 19.8 Å². The topological polar surface area (TPSA) is 54.0 Å². The molecule has 0 aromatic heterocycles. The van der Waals surface area contributed by atoms with E-state index in [-0.39, 0.29) is 5.91 Å². The zero-order chi connectivity index (χ0) is 21.3. The molecule has 0 unspecified atom stereocenters. The van der Waals surface area contributed by atoms with E-state index in [9.17, 15) is 4.79 Å². The van der Waals surface area contributed by atoms with E-state index in [4.69, 9.17) is 9.47 Å². The highest BCUT2D eigenvalue weighted by Crippen LogP contribution is 2.23. The average Bonchev–Trinajstić information content (AvgIpc) is 2.78. The minimum Gasteiger partial charge on any atom is -0.497 e. The molecule has 0 bridgehead atoms. The number of benzene rings is 2. The number of unbranched alkanes of at least 4 members (excludes halogenated alkanes) is 1. The fourth-order valence-electron chi connectivity index (χ4n) is 3.80. The molecule has 1 aliphatic rings. The standard InChI is InChI=1S/C24H33N3O3/c1-19-7-6-8-20(17-19)27-15-13-26(14-16-27)12-5-4-11-25-24(28)22-18-21(29-2)9-10-23(22)30-3/h6-10,17-18H,4-5,11-16H2,1-3H3,(H,25,28). The van der Waals surface area contributed by atoms with Gasteiger partial charge in [-0.15, -0.1) is 0 Å². The zero-order valence-electron chi connectivity index (χ0n) is 18.3. The van der Waals surface area contributed by atoms with E-state index in [0.717, 1.165) is 45.6 Å². The number of rotatable bonds is 9. The molecule has 0 aliphatic carbocycles. The fraction of sp³-hybridized carbons (Fsp3) is 0.458. The van der Waals surface area contributed by atoms with Crippen molar-refractivity contribution in [2.45, 2.75) is 19.8 Å². The maximum atomic E-state index is 12.5. The van der Waals surface area contributed by atoms with Crippen LogP contribution >= 0.6 is 0 Å². The zero-order valence-corrected chi connectivity index (χ0v) is 18.3. The van der Waals surface area contributed by atoms with E-state index in [1.165, 1.54) is 11.3 Å². The summed E-state index contributed by atoms with van der Waals surface area (Å²) in [4.78, 5) is 17.5. The van der Waals surface area contributed by atoms with Crippen molar-refractivity contribution < 1.29 is 14.3 Å². The number of hydrogen-bond donors (Lipinski definition) is 1. The van der Waals surface area contributed by atoms with Gasteiger partial charge in [0.1, 0.15) is 11.5 Å². The molecule has 1 aliphatic heterocycles. The minimum atomic E-state index is -0.127. The van der Waals surface area contributed by atoms with Gasteiger partial charge in [-0.2, -0.15) is 0 Å². The lowest BCUT2D eigenvalue weighted by Gasteiger charge is -2.36. The molecule has 1 amide bonds. The van der Waals surface area contributed by atoms with Gasteiger partial charge >= 0.3 is 0 Å². The van der Waals surface area contributed by atoms with Gasteiger partial charge in [0, 0.05) is 38.4 Å². The van der Waals surface area contributed by atoms with Gasteiger partial charge in [-0.25, -0.2) is 0 Å². The molecule has 1 N–H and O–H groups in total. The number of methoxy groups -OCH3 is 2. The van der Waals surface area contributed by atoms with E-state index in [2.05, 4.69) is 46.3 Å². The Labute approximate surface area is 179 Å². The molecule has 30 heavy (non-hydrogen) atoms. The molecule has 2 aromatic carbocycles. The number of aryl methyl sites for hydroxylation is 1. The molecular formula is C24H33N3O3. The lowest BCUT2D eigenvalue weighted by molar-refractivity contribution is 0.0949. The first-order valence-electron chi connectivity index (χ1n) is 10.6. The quantitative estimate of drug-likeness (QED) is 0.642. The number of anilines is 1. The molecule has 0 atom stereocenters. The number of hydrogen-bond acceptors (Lipinski definition) is 5. The summed E-state index contributed by atoms with van der Waals surface area (Å²) in [6.45, 7) is 8.17. The lowest BCUT2D eigenvalue weighted by Crippen LogP contribution is -2.46. The Hall–Kier alpha value is -2.73. The van der Waals surface area contributed by atoms with Crippen LogP contribution in [0.4, 0.5) is 5.69 Å². The molecule has 162 valence electrons. The lowest BCUT2D eigenvalue weighted by atomic mass is 10.1. The summed E-state index contributed by atoms with van der Waals surface area (Å²) in [7, 11) is 3.15. The van der Waals surface area contributed by atoms with Crippen molar-refractivity contribution in [2.24, 2.45) is 0 Å². The van der Waals surface area contributed by atoms with Gasteiger partial charge in [-0.05, 0) is 62.2 Å². The van der Waals surface area contributed by atoms with Crippen molar-refractivity contribution in [1.29, 1.82) is 0 Å². The summed E-state index contributed by atoms with van der Waals surface area (Å²) in [5, 5.41) is 3.00. The summed E-state index contributed by atoms with van der Waals surface area (Å²) < 4.78 is 10.5. The predicted octanol–water partition coefficient (Wildman–Crippen LogP) is 3.34. The Morgan fingerprint density at radius 1 is 1.00 bits per heavy atom. The first kappa shape index (κ1) is 22.0. The third-order valence-electron chi connectivity index (χ3n) is 5.58. The highest BCUT2D eigenvalue weighted by atomic mass is 16.5. The number of piperazine rings is 1.